The van der Waals surface area contributed by atoms with Crippen LogP contribution in [-0.4, -0.2) is 26.2 Å². The second kappa shape index (κ2) is 4.74. The topological polar surface area (TPSA) is 121 Å². The number of nitrogen functional groups attached to an aromatic ring is 2. The molecule has 7 nitrogen and oxygen atoms in total. The molecule has 0 radical (unpaired) electrons. The average molecular weight is 248 g/mol. The number of carbonyl (C=O) groups excluding carboxylic acids is 1. The number of aldehydes is 1. The minimum absolute atomic E-state index is 0.282. The Kier molecular flexibility index (Phi) is 3.15. The van der Waals surface area contributed by atoms with Crippen LogP contribution >= 0.6 is 11.8 Å². The summed E-state index contributed by atoms with van der Waals surface area (Å²) in [6, 6.07) is 1.46. The molecule has 2 aromatic heterocycles. The van der Waals surface area contributed by atoms with Gasteiger partial charge in [0, 0.05) is 18.5 Å². The molecule has 0 unspecified atom stereocenters. The van der Waals surface area contributed by atoms with E-state index in [0.717, 1.165) is 11.8 Å². The SMILES string of the molecule is Nc1cc(N)nc(Sc2ncc(C=O)cn2)n1. The summed E-state index contributed by atoms with van der Waals surface area (Å²) in [5, 5.41) is 0.780. The molecule has 0 amide bonds. The van der Waals surface area contributed by atoms with Crippen LogP contribution in [-0.2, 0) is 0 Å². The fourth-order valence-electron chi connectivity index (χ4n) is 1.03. The average Bonchev–Trinajstić information content (AvgIpc) is 2.28. The maximum Gasteiger partial charge on any atom is 0.199 e. The van der Waals surface area contributed by atoms with Gasteiger partial charge in [0.2, 0.25) is 0 Å². The largest absolute Gasteiger partial charge is 0.383 e. The maximum atomic E-state index is 10.4. The van der Waals surface area contributed by atoms with E-state index in [1.807, 2.05) is 0 Å². The summed E-state index contributed by atoms with van der Waals surface area (Å²) in [7, 11) is 0. The highest BCUT2D eigenvalue weighted by molar-refractivity contribution is 7.99. The van der Waals surface area contributed by atoms with Gasteiger partial charge in [0.15, 0.2) is 16.6 Å². The Hall–Kier alpha value is -2.22. The van der Waals surface area contributed by atoms with Crippen LogP contribution in [0.4, 0.5) is 11.6 Å². The number of hydrogen-bond acceptors (Lipinski definition) is 8. The number of hydrogen-bond donors (Lipinski definition) is 2. The molecule has 2 heterocycles. The van der Waals surface area contributed by atoms with E-state index >= 15 is 0 Å². The van der Waals surface area contributed by atoms with Crippen molar-refractivity contribution in [1.82, 2.24) is 19.9 Å². The Morgan fingerprint density at radius 2 is 1.65 bits per heavy atom. The molecule has 0 aliphatic carbocycles. The molecule has 0 spiro atoms. The standard InChI is InChI=1S/C9H8N6OS/c10-6-1-7(11)15-9(14-6)17-8-12-2-5(4-16)3-13-8/h1-4H,(H4,10,11,14,15). The van der Waals surface area contributed by atoms with Gasteiger partial charge in [-0.1, -0.05) is 0 Å². The van der Waals surface area contributed by atoms with Crippen molar-refractivity contribution in [2.45, 2.75) is 10.3 Å². The number of nitrogens with two attached hydrogens (primary N) is 2. The monoisotopic (exact) mass is 248 g/mol. The molecular formula is C9H8N6OS. The van der Waals surface area contributed by atoms with Crippen LogP contribution in [0.5, 0.6) is 0 Å². The van der Waals surface area contributed by atoms with Gasteiger partial charge in [-0.2, -0.15) is 0 Å². The Morgan fingerprint density at radius 3 is 2.18 bits per heavy atom. The minimum Gasteiger partial charge on any atom is -0.383 e. The molecule has 0 saturated carbocycles. The van der Waals surface area contributed by atoms with Crippen molar-refractivity contribution in [3.8, 4) is 0 Å². The number of nitrogens with zero attached hydrogens (tertiary/aromatic N) is 4. The Balaban J connectivity index is 2.21. The van der Waals surface area contributed by atoms with Crippen molar-refractivity contribution >= 4 is 29.7 Å². The molecule has 0 atom stereocenters. The van der Waals surface area contributed by atoms with Gasteiger partial charge in [-0.3, -0.25) is 4.79 Å². The normalized spacial score (nSPS) is 10.1. The van der Waals surface area contributed by atoms with Crippen LogP contribution in [0.25, 0.3) is 0 Å². The lowest BCUT2D eigenvalue weighted by Crippen LogP contribution is -1.99. The zero-order chi connectivity index (χ0) is 12.3. The summed E-state index contributed by atoms with van der Waals surface area (Å²) in [6.45, 7) is 0. The second-order valence-electron chi connectivity index (χ2n) is 3.02. The lowest BCUT2D eigenvalue weighted by Gasteiger charge is -2.01. The van der Waals surface area contributed by atoms with Crippen LogP contribution in [0.3, 0.4) is 0 Å². The van der Waals surface area contributed by atoms with Crippen molar-refractivity contribution in [3.05, 3.63) is 24.0 Å². The molecule has 2 rings (SSSR count). The number of carbonyl (C=O) groups is 1. The first kappa shape index (κ1) is 11.3. The van der Waals surface area contributed by atoms with Crippen LogP contribution in [0.15, 0.2) is 28.8 Å². The van der Waals surface area contributed by atoms with Gasteiger partial charge >= 0.3 is 0 Å². The fourth-order valence-corrected chi connectivity index (χ4v) is 1.71. The third-order valence-electron chi connectivity index (χ3n) is 1.71. The van der Waals surface area contributed by atoms with E-state index in [2.05, 4.69) is 19.9 Å². The molecule has 0 bridgehead atoms. The number of aromatic nitrogens is 4. The first-order valence-electron chi connectivity index (χ1n) is 4.52. The molecule has 2 aromatic rings. The third kappa shape index (κ3) is 2.88. The summed E-state index contributed by atoms with van der Waals surface area (Å²) in [5.41, 5.74) is 11.5. The van der Waals surface area contributed by atoms with Crippen molar-refractivity contribution in [1.29, 1.82) is 0 Å². The third-order valence-corrected chi connectivity index (χ3v) is 2.47. The molecule has 0 fully saturated rings. The van der Waals surface area contributed by atoms with E-state index in [-0.39, 0.29) is 11.6 Å². The van der Waals surface area contributed by atoms with Crippen molar-refractivity contribution < 1.29 is 4.79 Å². The Morgan fingerprint density at radius 1 is 1.06 bits per heavy atom. The summed E-state index contributed by atoms with van der Waals surface area (Å²) in [4.78, 5) is 26.3. The Bertz CT molecular complexity index is 523. The van der Waals surface area contributed by atoms with Crippen LogP contribution in [0, 0.1) is 0 Å². The summed E-state index contributed by atoms with van der Waals surface area (Å²) in [5.74, 6) is 0.564. The lowest BCUT2D eigenvalue weighted by atomic mass is 10.4. The predicted molar refractivity (Wildman–Crippen MR) is 62.4 cm³/mol. The Labute approximate surface area is 101 Å². The molecule has 8 heteroatoms. The lowest BCUT2D eigenvalue weighted by molar-refractivity contribution is 0.112. The van der Waals surface area contributed by atoms with Gasteiger partial charge in [0.1, 0.15) is 11.6 Å². The van der Waals surface area contributed by atoms with Gasteiger partial charge in [0.05, 0.1) is 5.56 Å². The van der Waals surface area contributed by atoms with Crippen molar-refractivity contribution in [2.75, 3.05) is 11.5 Å². The number of rotatable bonds is 3. The molecule has 0 aliphatic rings. The first-order chi connectivity index (χ1) is 8.17. The maximum absolute atomic E-state index is 10.4. The molecule has 0 aromatic carbocycles. The van der Waals surface area contributed by atoms with Crippen LogP contribution in [0.2, 0.25) is 0 Å². The van der Waals surface area contributed by atoms with E-state index in [4.69, 9.17) is 11.5 Å². The quantitative estimate of drug-likeness (QED) is 0.591. The van der Waals surface area contributed by atoms with Crippen LogP contribution < -0.4 is 11.5 Å². The molecule has 17 heavy (non-hydrogen) atoms. The predicted octanol–water partition coefficient (Wildman–Crippen LogP) is 0.395. The molecular weight excluding hydrogens is 240 g/mol. The number of anilines is 2. The molecule has 0 saturated heterocycles. The van der Waals surface area contributed by atoms with Gasteiger partial charge in [-0.05, 0) is 11.8 Å². The van der Waals surface area contributed by atoms with E-state index < -0.39 is 0 Å². The zero-order valence-electron chi connectivity index (χ0n) is 8.57. The molecule has 0 aliphatic heterocycles. The second-order valence-corrected chi connectivity index (χ2v) is 3.95. The fraction of sp³-hybridized carbons (Fsp3) is 0. The molecule has 86 valence electrons. The summed E-state index contributed by atoms with van der Waals surface area (Å²) >= 11 is 1.11. The smallest absolute Gasteiger partial charge is 0.199 e. The highest BCUT2D eigenvalue weighted by atomic mass is 32.2. The van der Waals surface area contributed by atoms with Gasteiger partial charge in [0.25, 0.3) is 0 Å². The van der Waals surface area contributed by atoms with Gasteiger partial charge in [-0.15, -0.1) is 0 Å². The first-order valence-corrected chi connectivity index (χ1v) is 5.34. The summed E-state index contributed by atoms with van der Waals surface area (Å²) < 4.78 is 0. The van der Waals surface area contributed by atoms with E-state index in [1.54, 1.807) is 0 Å². The van der Waals surface area contributed by atoms with Crippen molar-refractivity contribution in [3.63, 3.8) is 0 Å². The highest BCUT2D eigenvalue weighted by Crippen LogP contribution is 2.22. The zero-order valence-corrected chi connectivity index (χ0v) is 9.39. The minimum atomic E-state index is 0.282. The van der Waals surface area contributed by atoms with E-state index in [0.29, 0.717) is 22.2 Å². The van der Waals surface area contributed by atoms with Crippen LogP contribution in [0.1, 0.15) is 10.4 Å². The van der Waals surface area contributed by atoms with Crippen molar-refractivity contribution in [2.24, 2.45) is 0 Å². The van der Waals surface area contributed by atoms with Gasteiger partial charge < -0.3 is 11.5 Å². The summed E-state index contributed by atoms with van der Waals surface area (Å²) in [6.07, 6.45) is 3.50. The van der Waals surface area contributed by atoms with E-state index in [9.17, 15) is 4.79 Å². The highest BCUT2D eigenvalue weighted by Gasteiger charge is 2.05. The molecule has 4 N–H and O–H groups in total. The van der Waals surface area contributed by atoms with E-state index in [1.165, 1.54) is 18.5 Å². The van der Waals surface area contributed by atoms with Gasteiger partial charge in [-0.25, -0.2) is 19.9 Å².